The zero-order valence-corrected chi connectivity index (χ0v) is 20.4. The lowest BCUT2D eigenvalue weighted by Gasteiger charge is -2.27. The molecular weight excluding hydrogens is 476 g/mol. The molecule has 1 saturated heterocycles. The summed E-state index contributed by atoms with van der Waals surface area (Å²) in [6.45, 7) is 3.65. The van der Waals surface area contributed by atoms with Crippen LogP contribution in [0.5, 0.6) is 5.75 Å². The highest BCUT2D eigenvalue weighted by Gasteiger charge is 2.48. The number of fused-ring (bicyclic) bond motifs is 1. The number of aliphatic hydroxyl groups is 1. The van der Waals surface area contributed by atoms with Gasteiger partial charge in [-0.15, -0.1) is 0 Å². The summed E-state index contributed by atoms with van der Waals surface area (Å²) in [6, 6.07) is 18.3. The predicted octanol–water partition coefficient (Wildman–Crippen LogP) is 6.37. The second-order valence-corrected chi connectivity index (χ2v) is 9.00. The van der Waals surface area contributed by atoms with E-state index < -0.39 is 35.1 Å². The molecular formula is C30H23F2NO4. The van der Waals surface area contributed by atoms with Crippen molar-refractivity contribution in [2.24, 2.45) is 0 Å². The van der Waals surface area contributed by atoms with E-state index in [4.69, 9.17) is 4.74 Å². The average Bonchev–Trinajstić information content (AvgIpc) is 3.14. The first-order valence-corrected chi connectivity index (χ1v) is 11.6. The van der Waals surface area contributed by atoms with Gasteiger partial charge in [0.1, 0.15) is 11.5 Å². The van der Waals surface area contributed by atoms with Gasteiger partial charge in [0.2, 0.25) is 0 Å². The Morgan fingerprint density at radius 1 is 0.919 bits per heavy atom. The van der Waals surface area contributed by atoms with Gasteiger partial charge in [-0.3, -0.25) is 14.5 Å². The SMILES string of the molecule is COc1c(C)cc(C)cc1/C(O)=C1\C(=O)C(=O)N(c2ccc(F)c(F)c2)C1c1cccc2ccccc12. The third kappa shape index (κ3) is 3.93. The molecule has 0 radical (unpaired) electrons. The summed E-state index contributed by atoms with van der Waals surface area (Å²) in [5, 5.41) is 13.2. The van der Waals surface area contributed by atoms with Crippen molar-refractivity contribution in [3.8, 4) is 5.75 Å². The van der Waals surface area contributed by atoms with Crippen LogP contribution in [0.25, 0.3) is 16.5 Å². The zero-order valence-electron chi connectivity index (χ0n) is 20.4. The van der Waals surface area contributed by atoms with E-state index in [1.54, 1.807) is 18.2 Å². The van der Waals surface area contributed by atoms with Crippen molar-refractivity contribution in [3.63, 3.8) is 0 Å². The second kappa shape index (κ2) is 9.17. The van der Waals surface area contributed by atoms with Gasteiger partial charge in [-0.1, -0.05) is 48.5 Å². The Morgan fingerprint density at radius 2 is 1.65 bits per heavy atom. The van der Waals surface area contributed by atoms with Gasteiger partial charge >= 0.3 is 0 Å². The third-order valence-electron chi connectivity index (χ3n) is 6.62. The molecule has 0 aromatic heterocycles. The standard InChI is InChI=1S/C30H23F2NO4/c1-16-13-17(2)29(37-3)22(14-16)27(34)25-26(21-10-6-8-18-7-4-5-9-20(18)21)33(30(36)28(25)35)19-11-12-23(31)24(32)15-19/h4-15,26,34H,1-3H3/b27-25+. The van der Waals surface area contributed by atoms with Crippen LogP contribution in [-0.2, 0) is 9.59 Å². The molecule has 1 aliphatic rings. The zero-order chi connectivity index (χ0) is 26.4. The van der Waals surface area contributed by atoms with Crippen LogP contribution >= 0.6 is 0 Å². The number of halogens is 2. The van der Waals surface area contributed by atoms with Crippen LogP contribution in [-0.4, -0.2) is 23.9 Å². The summed E-state index contributed by atoms with van der Waals surface area (Å²) in [5.74, 6) is -4.20. The first-order valence-electron chi connectivity index (χ1n) is 11.6. The summed E-state index contributed by atoms with van der Waals surface area (Å²) >= 11 is 0. The lowest BCUT2D eigenvalue weighted by atomic mass is 9.90. The first-order chi connectivity index (χ1) is 17.7. The molecule has 1 amide bonds. The quantitative estimate of drug-likeness (QED) is 0.201. The average molecular weight is 500 g/mol. The van der Waals surface area contributed by atoms with Gasteiger partial charge in [0.05, 0.1) is 24.3 Å². The Labute approximate surface area is 212 Å². The number of rotatable bonds is 4. The predicted molar refractivity (Wildman–Crippen MR) is 138 cm³/mol. The van der Waals surface area contributed by atoms with E-state index in [1.807, 2.05) is 50.2 Å². The maximum Gasteiger partial charge on any atom is 0.300 e. The van der Waals surface area contributed by atoms with E-state index in [0.717, 1.165) is 38.9 Å². The lowest BCUT2D eigenvalue weighted by molar-refractivity contribution is -0.132. The van der Waals surface area contributed by atoms with Gasteiger partial charge in [0.25, 0.3) is 11.7 Å². The number of methoxy groups -OCH3 is 1. The molecule has 1 N–H and O–H groups in total. The Bertz CT molecular complexity index is 1620. The van der Waals surface area contributed by atoms with Crippen molar-refractivity contribution in [2.45, 2.75) is 19.9 Å². The number of aryl methyl sites for hydroxylation is 2. The molecule has 1 unspecified atom stereocenters. The van der Waals surface area contributed by atoms with Crippen LogP contribution in [0.3, 0.4) is 0 Å². The molecule has 7 heteroatoms. The maximum absolute atomic E-state index is 14.3. The number of hydrogen-bond acceptors (Lipinski definition) is 4. The minimum atomic E-state index is -1.16. The fourth-order valence-corrected chi connectivity index (χ4v) is 5.06. The fourth-order valence-electron chi connectivity index (χ4n) is 5.06. The molecule has 0 aliphatic carbocycles. The van der Waals surface area contributed by atoms with Crippen LogP contribution in [0.4, 0.5) is 14.5 Å². The maximum atomic E-state index is 14.3. The normalized spacial score (nSPS) is 17.0. The number of benzene rings is 4. The monoisotopic (exact) mass is 499 g/mol. The minimum Gasteiger partial charge on any atom is -0.507 e. The lowest BCUT2D eigenvalue weighted by Crippen LogP contribution is -2.29. The van der Waals surface area contributed by atoms with E-state index in [-0.39, 0.29) is 16.8 Å². The minimum absolute atomic E-state index is 0.00891. The van der Waals surface area contributed by atoms with Gasteiger partial charge in [0, 0.05) is 11.8 Å². The van der Waals surface area contributed by atoms with E-state index in [2.05, 4.69) is 0 Å². The summed E-state index contributed by atoms with van der Waals surface area (Å²) < 4.78 is 33.6. The van der Waals surface area contributed by atoms with Gasteiger partial charge in [-0.25, -0.2) is 8.78 Å². The number of hydrogen-bond donors (Lipinski definition) is 1. The van der Waals surface area contributed by atoms with Gasteiger partial charge in [-0.05, 0) is 59.5 Å². The molecule has 0 saturated carbocycles. The largest absolute Gasteiger partial charge is 0.507 e. The van der Waals surface area contributed by atoms with Crippen molar-refractivity contribution < 1.29 is 28.2 Å². The number of anilines is 1. The molecule has 4 aromatic rings. The van der Waals surface area contributed by atoms with Gasteiger partial charge < -0.3 is 9.84 Å². The Balaban J connectivity index is 1.85. The topological polar surface area (TPSA) is 66.8 Å². The van der Waals surface area contributed by atoms with Crippen LogP contribution in [0, 0.1) is 25.5 Å². The molecule has 4 aromatic carbocycles. The van der Waals surface area contributed by atoms with Crippen molar-refractivity contribution in [1.29, 1.82) is 0 Å². The highest BCUT2D eigenvalue weighted by atomic mass is 19.2. The molecule has 0 bridgehead atoms. The summed E-state index contributed by atoms with van der Waals surface area (Å²) in [5.41, 5.74) is 2.18. The number of ketones is 1. The number of nitrogens with zero attached hydrogens (tertiary/aromatic N) is 1. The summed E-state index contributed by atoms with van der Waals surface area (Å²) in [4.78, 5) is 28.1. The molecule has 1 heterocycles. The molecule has 5 rings (SSSR count). The second-order valence-electron chi connectivity index (χ2n) is 9.00. The summed E-state index contributed by atoms with van der Waals surface area (Å²) in [7, 11) is 1.45. The van der Waals surface area contributed by atoms with Crippen LogP contribution in [0.15, 0.2) is 78.4 Å². The number of amides is 1. The Morgan fingerprint density at radius 3 is 2.38 bits per heavy atom. The Hall–Kier alpha value is -4.52. The van der Waals surface area contributed by atoms with Crippen molar-refractivity contribution in [2.75, 3.05) is 12.0 Å². The van der Waals surface area contributed by atoms with Crippen molar-refractivity contribution >= 4 is 33.9 Å². The number of aliphatic hydroxyl groups excluding tert-OH is 1. The smallest absolute Gasteiger partial charge is 0.300 e. The van der Waals surface area contributed by atoms with Gasteiger partial charge in [0.15, 0.2) is 11.6 Å². The highest BCUT2D eigenvalue weighted by molar-refractivity contribution is 6.52. The van der Waals surface area contributed by atoms with Crippen molar-refractivity contribution in [1.82, 2.24) is 0 Å². The molecule has 5 nitrogen and oxygen atoms in total. The van der Waals surface area contributed by atoms with Crippen LogP contribution < -0.4 is 9.64 Å². The summed E-state index contributed by atoms with van der Waals surface area (Å²) in [6.07, 6.45) is 0. The van der Waals surface area contributed by atoms with E-state index >= 15 is 0 Å². The number of Topliss-reactive ketones (excluding diaryl/α,β-unsaturated/α-hetero) is 1. The molecule has 186 valence electrons. The molecule has 1 fully saturated rings. The number of carbonyl (C=O) groups excluding carboxylic acids is 2. The molecule has 37 heavy (non-hydrogen) atoms. The molecule has 1 atom stereocenters. The Kier molecular flexibility index (Phi) is 5.99. The number of carbonyl (C=O) groups is 2. The molecule has 1 aliphatic heterocycles. The van der Waals surface area contributed by atoms with E-state index in [9.17, 15) is 23.5 Å². The van der Waals surface area contributed by atoms with Crippen LogP contribution in [0.1, 0.15) is 28.3 Å². The highest BCUT2D eigenvalue weighted by Crippen LogP contribution is 2.45. The third-order valence-corrected chi connectivity index (χ3v) is 6.62. The van der Waals surface area contributed by atoms with E-state index in [0.29, 0.717) is 11.3 Å². The van der Waals surface area contributed by atoms with Gasteiger partial charge in [-0.2, -0.15) is 0 Å². The van der Waals surface area contributed by atoms with E-state index in [1.165, 1.54) is 13.2 Å². The van der Waals surface area contributed by atoms with Crippen LogP contribution in [0.2, 0.25) is 0 Å². The fraction of sp³-hybridized carbons (Fsp3) is 0.133. The first kappa shape index (κ1) is 24.2. The van der Waals surface area contributed by atoms with Crippen molar-refractivity contribution in [3.05, 3.63) is 112 Å². The molecule has 0 spiro atoms. The number of ether oxygens (including phenoxy) is 1.